The summed E-state index contributed by atoms with van der Waals surface area (Å²) < 4.78 is 0. The average Bonchev–Trinajstić information content (AvgIpc) is 2.90. The fourth-order valence-electron chi connectivity index (χ4n) is 2.57. The van der Waals surface area contributed by atoms with Crippen molar-refractivity contribution in [1.29, 1.82) is 0 Å². The maximum absolute atomic E-state index is 4.15. The van der Waals surface area contributed by atoms with Crippen LogP contribution in [-0.4, -0.2) is 0 Å². The lowest BCUT2D eigenvalue weighted by molar-refractivity contribution is 0.560. The van der Waals surface area contributed by atoms with Gasteiger partial charge in [-0.25, -0.2) is 0 Å². The molecule has 1 unspecified atom stereocenters. The second-order valence-electron chi connectivity index (χ2n) is 4.49. The zero-order chi connectivity index (χ0) is 14.6. The molecule has 0 aromatic heterocycles. The second-order valence-corrected chi connectivity index (χ2v) is 4.49. The van der Waals surface area contributed by atoms with E-state index in [0.717, 1.165) is 12.3 Å². The molecule has 0 nitrogen and oxygen atoms in total. The zero-order valence-corrected chi connectivity index (χ0v) is 14.0. The van der Waals surface area contributed by atoms with Gasteiger partial charge in [0, 0.05) is 0 Å². The summed E-state index contributed by atoms with van der Waals surface area (Å²) in [6.45, 7) is 18.9. The molecular weight excluding hydrogens is 216 g/mol. The molecule has 1 atom stereocenters. The van der Waals surface area contributed by atoms with E-state index in [1.54, 1.807) is 5.57 Å². The lowest BCUT2D eigenvalue weighted by Gasteiger charge is -2.15. The van der Waals surface area contributed by atoms with E-state index in [2.05, 4.69) is 27.4 Å². The Labute approximate surface area is 117 Å². The summed E-state index contributed by atoms with van der Waals surface area (Å²) in [5.41, 5.74) is 4.59. The normalized spacial score (nSPS) is 20.3. The van der Waals surface area contributed by atoms with Crippen LogP contribution in [0.25, 0.3) is 0 Å². The van der Waals surface area contributed by atoms with Crippen LogP contribution in [0.1, 0.15) is 87.0 Å². The molecule has 0 spiro atoms. The molecule has 1 aliphatic rings. The van der Waals surface area contributed by atoms with Gasteiger partial charge >= 0.3 is 0 Å². The van der Waals surface area contributed by atoms with E-state index in [9.17, 15) is 0 Å². The largest absolute Gasteiger partial charge is 0.0956 e. The fourth-order valence-corrected chi connectivity index (χ4v) is 2.57. The van der Waals surface area contributed by atoms with Gasteiger partial charge in [-0.05, 0) is 50.5 Å². The summed E-state index contributed by atoms with van der Waals surface area (Å²) in [6.07, 6.45) is 7.94. The van der Waals surface area contributed by atoms with Crippen molar-refractivity contribution < 1.29 is 0 Å². The third-order valence-electron chi connectivity index (χ3n) is 3.57. The summed E-state index contributed by atoms with van der Waals surface area (Å²) >= 11 is 0. The van der Waals surface area contributed by atoms with E-state index >= 15 is 0 Å². The van der Waals surface area contributed by atoms with Gasteiger partial charge in [0.05, 0.1) is 0 Å². The Morgan fingerprint density at radius 2 is 1.72 bits per heavy atom. The third kappa shape index (κ3) is 6.42. The van der Waals surface area contributed by atoms with E-state index in [-0.39, 0.29) is 0 Å². The molecule has 108 valence electrons. The molecule has 1 rings (SSSR count). The smallest absolute Gasteiger partial charge is 0.0197 e. The van der Waals surface area contributed by atoms with Crippen LogP contribution in [0, 0.1) is 5.92 Å². The van der Waals surface area contributed by atoms with Crippen molar-refractivity contribution >= 4 is 0 Å². The molecule has 0 radical (unpaired) electrons. The number of rotatable bonds is 4. The van der Waals surface area contributed by atoms with E-state index < -0.39 is 0 Å². The van der Waals surface area contributed by atoms with Gasteiger partial charge in [0.1, 0.15) is 0 Å². The van der Waals surface area contributed by atoms with Crippen molar-refractivity contribution in [1.82, 2.24) is 0 Å². The minimum absolute atomic E-state index is 0.878. The SMILES string of the molecule is C=C(CC)/C(C)=C1/CCCC1CCC.CC.CC. The van der Waals surface area contributed by atoms with Gasteiger partial charge < -0.3 is 0 Å². The lowest BCUT2D eigenvalue weighted by Crippen LogP contribution is -1.99. The first kappa shape index (κ1) is 19.8. The second kappa shape index (κ2) is 12.9. The number of hydrogen-bond acceptors (Lipinski definition) is 0. The topological polar surface area (TPSA) is 0 Å². The molecule has 0 heteroatoms. The number of hydrogen-bond donors (Lipinski definition) is 0. The summed E-state index contributed by atoms with van der Waals surface area (Å²) in [5, 5.41) is 0. The Hall–Kier alpha value is -0.520. The minimum Gasteiger partial charge on any atom is -0.0956 e. The maximum Gasteiger partial charge on any atom is -0.0197 e. The molecule has 0 bridgehead atoms. The molecule has 0 aromatic rings. The highest BCUT2D eigenvalue weighted by Crippen LogP contribution is 2.38. The van der Waals surface area contributed by atoms with Crippen LogP contribution >= 0.6 is 0 Å². The van der Waals surface area contributed by atoms with Crippen LogP contribution in [-0.2, 0) is 0 Å². The Kier molecular flexibility index (Phi) is 14.2. The molecule has 0 aliphatic heterocycles. The molecule has 0 amide bonds. The van der Waals surface area contributed by atoms with Gasteiger partial charge in [0.15, 0.2) is 0 Å². The molecule has 0 heterocycles. The molecule has 0 aromatic carbocycles. The zero-order valence-electron chi connectivity index (χ0n) is 14.0. The third-order valence-corrected chi connectivity index (χ3v) is 3.57. The van der Waals surface area contributed by atoms with Crippen LogP contribution < -0.4 is 0 Å². The first-order chi connectivity index (χ1) is 8.70. The first-order valence-electron chi connectivity index (χ1n) is 8.08. The summed E-state index contributed by atoms with van der Waals surface area (Å²) in [7, 11) is 0. The Balaban J connectivity index is 0. The van der Waals surface area contributed by atoms with Crippen LogP contribution in [0.5, 0.6) is 0 Å². The highest BCUT2D eigenvalue weighted by Gasteiger charge is 2.22. The van der Waals surface area contributed by atoms with Crippen molar-refractivity contribution in [3.63, 3.8) is 0 Å². The van der Waals surface area contributed by atoms with Crippen LogP contribution in [0.3, 0.4) is 0 Å². The molecule has 1 saturated carbocycles. The molecule has 0 saturated heterocycles. The van der Waals surface area contributed by atoms with Crippen LogP contribution in [0.15, 0.2) is 23.3 Å². The Bertz CT molecular complexity index is 232. The van der Waals surface area contributed by atoms with Gasteiger partial charge in [-0.2, -0.15) is 0 Å². The summed E-state index contributed by atoms with van der Waals surface area (Å²) in [6, 6.07) is 0. The predicted molar refractivity (Wildman–Crippen MR) is 87.1 cm³/mol. The van der Waals surface area contributed by atoms with Crippen molar-refractivity contribution in [3.05, 3.63) is 23.3 Å². The summed E-state index contributed by atoms with van der Waals surface area (Å²) in [5.74, 6) is 0.878. The molecule has 18 heavy (non-hydrogen) atoms. The van der Waals surface area contributed by atoms with Gasteiger partial charge in [-0.15, -0.1) is 0 Å². The molecule has 0 N–H and O–H groups in total. The van der Waals surface area contributed by atoms with Gasteiger partial charge in [-0.3, -0.25) is 0 Å². The molecule has 1 fully saturated rings. The fraction of sp³-hybridized carbons (Fsp3) is 0.778. The Morgan fingerprint density at radius 3 is 2.17 bits per heavy atom. The quantitative estimate of drug-likeness (QED) is 0.509. The van der Waals surface area contributed by atoms with Gasteiger partial charge in [0.2, 0.25) is 0 Å². The summed E-state index contributed by atoms with van der Waals surface area (Å²) in [4.78, 5) is 0. The first-order valence-corrected chi connectivity index (χ1v) is 8.08. The van der Waals surface area contributed by atoms with Crippen molar-refractivity contribution in [3.8, 4) is 0 Å². The Morgan fingerprint density at radius 1 is 1.17 bits per heavy atom. The maximum atomic E-state index is 4.15. The van der Waals surface area contributed by atoms with E-state index in [1.165, 1.54) is 43.3 Å². The monoisotopic (exact) mass is 252 g/mol. The lowest BCUT2D eigenvalue weighted by atomic mass is 9.90. The van der Waals surface area contributed by atoms with Crippen molar-refractivity contribution in [2.75, 3.05) is 0 Å². The highest BCUT2D eigenvalue weighted by atomic mass is 14.3. The van der Waals surface area contributed by atoms with Crippen molar-refractivity contribution in [2.24, 2.45) is 5.92 Å². The molecular formula is C18H36. The van der Waals surface area contributed by atoms with Crippen LogP contribution in [0.4, 0.5) is 0 Å². The van der Waals surface area contributed by atoms with Crippen LogP contribution in [0.2, 0.25) is 0 Å². The average molecular weight is 252 g/mol. The van der Waals surface area contributed by atoms with Crippen molar-refractivity contribution in [2.45, 2.75) is 87.0 Å². The van der Waals surface area contributed by atoms with E-state index in [4.69, 9.17) is 0 Å². The highest BCUT2D eigenvalue weighted by molar-refractivity contribution is 5.33. The van der Waals surface area contributed by atoms with E-state index in [0.29, 0.717) is 0 Å². The minimum atomic E-state index is 0.878. The van der Waals surface area contributed by atoms with Gasteiger partial charge in [-0.1, -0.05) is 65.7 Å². The molecule has 1 aliphatic carbocycles. The van der Waals surface area contributed by atoms with E-state index in [1.807, 2.05) is 27.7 Å². The van der Waals surface area contributed by atoms with Gasteiger partial charge in [0.25, 0.3) is 0 Å². The standard InChI is InChI=1S/C14H24.2C2H6/c1-5-8-13-9-7-10-14(13)12(4)11(3)6-2;2*1-2/h13H,3,5-10H2,1-2,4H3;2*1-2H3/b14-12-;;. The predicted octanol–water partition coefficient (Wildman–Crippen LogP) is 6.92. The number of allylic oxidation sites excluding steroid dienone is 3.